The van der Waals surface area contributed by atoms with Gasteiger partial charge in [0.1, 0.15) is 0 Å². The molecule has 1 aliphatic carbocycles. The van der Waals surface area contributed by atoms with Gasteiger partial charge < -0.3 is 11.1 Å². The second-order valence-electron chi connectivity index (χ2n) is 7.31. The zero-order valence-electron chi connectivity index (χ0n) is 15.2. The van der Waals surface area contributed by atoms with Crippen molar-refractivity contribution in [2.75, 3.05) is 12.3 Å². The van der Waals surface area contributed by atoms with E-state index in [9.17, 15) is 0 Å². The van der Waals surface area contributed by atoms with Crippen molar-refractivity contribution >= 4 is 11.3 Å². The van der Waals surface area contributed by atoms with Gasteiger partial charge >= 0.3 is 0 Å². The Hall–Kier alpha value is -2.48. The number of benzene rings is 2. The van der Waals surface area contributed by atoms with E-state index in [-0.39, 0.29) is 5.92 Å². The number of nitrogens with one attached hydrogen (secondary N) is 1. The maximum absolute atomic E-state index is 5.87. The van der Waals surface area contributed by atoms with Crippen LogP contribution in [-0.4, -0.2) is 6.54 Å². The fourth-order valence-electron chi connectivity index (χ4n) is 3.61. The summed E-state index contributed by atoms with van der Waals surface area (Å²) in [7, 11) is 0. The van der Waals surface area contributed by atoms with Gasteiger partial charge in [0, 0.05) is 23.8 Å². The van der Waals surface area contributed by atoms with E-state index in [1.807, 2.05) is 12.1 Å². The summed E-state index contributed by atoms with van der Waals surface area (Å²) in [6, 6.07) is 19.0. The molecule has 0 aromatic heterocycles. The van der Waals surface area contributed by atoms with E-state index in [2.05, 4.69) is 74.3 Å². The number of hydrogen-bond acceptors (Lipinski definition) is 2. The van der Waals surface area contributed by atoms with Crippen molar-refractivity contribution in [2.45, 2.75) is 26.2 Å². The van der Waals surface area contributed by atoms with Gasteiger partial charge in [0.05, 0.1) is 0 Å². The molecule has 1 aliphatic rings. The molecule has 2 nitrogen and oxygen atoms in total. The average Bonchev–Trinajstić information content (AvgIpc) is 3.06. The Balaban J connectivity index is 1.91. The van der Waals surface area contributed by atoms with Gasteiger partial charge in [-0.05, 0) is 47.1 Å². The maximum Gasteiger partial charge on any atom is 0.0314 e. The third-order valence-electron chi connectivity index (χ3n) is 4.91. The Bertz CT molecular complexity index is 741. The van der Waals surface area contributed by atoms with Crippen LogP contribution in [0.2, 0.25) is 0 Å². The highest BCUT2D eigenvalue weighted by atomic mass is 14.9. The Morgan fingerprint density at radius 3 is 2.44 bits per heavy atom. The van der Waals surface area contributed by atoms with Gasteiger partial charge in [-0.1, -0.05) is 69.0 Å². The Kier molecular flexibility index (Phi) is 5.28. The highest BCUT2D eigenvalue weighted by Gasteiger charge is 2.33. The van der Waals surface area contributed by atoms with Crippen LogP contribution >= 0.6 is 0 Å². The van der Waals surface area contributed by atoms with Crippen LogP contribution in [0.5, 0.6) is 0 Å². The molecule has 0 heterocycles. The predicted molar refractivity (Wildman–Crippen MR) is 108 cm³/mol. The van der Waals surface area contributed by atoms with Gasteiger partial charge in [0.15, 0.2) is 0 Å². The predicted octanol–water partition coefficient (Wildman–Crippen LogP) is 5.22. The van der Waals surface area contributed by atoms with Crippen LogP contribution < -0.4 is 11.1 Å². The summed E-state index contributed by atoms with van der Waals surface area (Å²) in [4.78, 5) is 0. The number of nitrogens with two attached hydrogens (primary N) is 1. The lowest BCUT2D eigenvalue weighted by Gasteiger charge is -2.27. The number of rotatable bonds is 6. The van der Waals surface area contributed by atoms with E-state index in [0.717, 1.165) is 24.4 Å². The van der Waals surface area contributed by atoms with Gasteiger partial charge in [-0.15, -0.1) is 0 Å². The van der Waals surface area contributed by atoms with Crippen molar-refractivity contribution in [3.8, 4) is 0 Å². The van der Waals surface area contributed by atoms with Gasteiger partial charge in [-0.2, -0.15) is 0 Å². The summed E-state index contributed by atoms with van der Waals surface area (Å²) in [5, 5.41) is 3.57. The quantitative estimate of drug-likeness (QED) is 0.712. The SMILES string of the molecule is C=C(NCC(C)C)C1C(c2ccc(N)cc2)=CCC1c1ccccc1. The Morgan fingerprint density at radius 1 is 1.12 bits per heavy atom. The largest absolute Gasteiger partial charge is 0.399 e. The molecule has 2 atom stereocenters. The van der Waals surface area contributed by atoms with Crippen LogP contribution in [0, 0.1) is 11.8 Å². The van der Waals surface area contributed by atoms with Crippen LogP contribution in [0.3, 0.4) is 0 Å². The lowest BCUT2D eigenvalue weighted by atomic mass is 9.81. The molecule has 3 rings (SSSR count). The van der Waals surface area contributed by atoms with Crippen molar-refractivity contribution in [1.82, 2.24) is 5.32 Å². The van der Waals surface area contributed by atoms with Crippen molar-refractivity contribution in [2.24, 2.45) is 11.8 Å². The van der Waals surface area contributed by atoms with Crippen LogP contribution in [0.15, 0.2) is 72.9 Å². The molecule has 2 aromatic rings. The monoisotopic (exact) mass is 332 g/mol. The molecule has 25 heavy (non-hydrogen) atoms. The molecule has 0 aliphatic heterocycles. The third kappa shape index (κ3) is 3.96. The van der Waals surface area contributed by atoms with Crippen molar-refractivity contribution in [3.05, 3.63) is 84.1 Å². The fourth-order valence-corrected chi connectivity index (χ4v) is 3.61. The molecule has 2 heteroatoms. The summed E-state index contributed by atoms with van der Waals surface area (Å²) in [5.74, 6) is 1.31. The lowest BCUT2D eigenvalue weighted by molar-refractivity contribution is 0.533. The Labute approximate surface area is 151 Å². The van der Waals surface area contributed by atoms with Crippen molar-refractivity contribution in [3.63, 3.8) is 0 Å². The number of anilines is 1. The molecule has 0 spiro atoms. The second-order valence-corrected chi connectivity index (χ2v) is 7.31. The first-order valence-electron chi connectivity index (χ1n) is 9.10. The Morgan fingerprint density at radius 2 is 1.80 bits per heavy atom. The maximum atomic E-state index is 5.87. The highest BCUT2D eigenvalue weighted by molar-refractivity contribution is 5.74. The van der Waals surface area contributed by atoms with Crippen molar-refractivity contribution in [1.29, 1.82) is 0 Å². The topological polar surface area (TPSA) is 38.0 Å². The van der Waals surface area contributed by atoms with E-state index in [0.29, 0.717) is 11.8 Å². The van der Waals surface area contributed by atoms with E-state index in [4.69, 9.17) is 5.73 Å². The van der Waals surface area contributed by atoms with Crippen LogP contribution in [0.25, 0.3) is 5.57 Å². The third-order valence-corrected chi connectivity index (χ3v) is 4.91. The van der Waals surface area contributed by atoms with E-state index >= 15 is 0 Å². The molecule has 130 valence electrons. The second kappa shape index (κ2) is 7.60. The highest BCUT2D eigenvalue weighted by Crippen LogP contribution is 2.46. The molecular weight excluding hydrogens is 304 g/mol. The summed E-state index contributed by atoms with van der Waals surface area (Å²) < 4.78 is 0. The summed E-state index contributed by atoms with van der Waals surface area (Å²) in [6.07, 6.45) is 3.41. The molecule has 3 N–H and O–H groups in total. The van der Waals surface area contributed by atoms with E-state index < -0.39 is 0 Å². The minimum Gasteiger partial charge on any atom is -0.399 e. The summed E-state index contributed by atoms with van der Waals surface area (Å²) in [5.41, 5.74) is 11.8. The zero-order valence-corrected chi connectivity index (χ0v) is 15.2. The van der Waals surface area contributed by atoms with Crippen molar-refractivity contribution < 1.29 is 0 Å². The molecule has 0 amide bonds. The van der Waals surface area contributed by atoms with Crippen LogP contribution in [-0.2, 0) is 0 Å². The van der Waals surface area contributed by atoms with Gasteiger partial charge in [0.2, 0.25) is 0 Å². The first-order valence-corrected chi connectivity index (χ1v) is 9.10. The molecule has 0 saturated carbocycles. The molecule has 2 aromatic carbocycles. The average molecular weight is 332 g/mol. The van der Waals surface area contributed by atoms with Gasteiger partial charge in [-0.3, -0.25) is 0 Å². The van der Waals surface area contributed by atoms with Crippen LogP contribution in [0.4, 0.5) is 5.69 Å². The molecule has 0 saturated heterocycles. The van der Waals surface area contributed by atoms with Crippen LogP contribution in [0.1, 0.15) is 37.3 Å². The lowest BCUT2D eigenvalue weighted by Crippen LogP contribution is -2.26. The standard InChI is InChI=1S/C23H28N2/c1-16(2)15-25-17(3)23-21(18-7-5-4-6-8-18)13-14-22(23)19-9-11-20(24)12-10-19/h4-12,14,16,21,23,25H,3,13,15,24H2,1-2H3. The molecular formula is C23H28N2. The number of nitrogen functional groups attached to an aromatic ring is 1. The summed E-state index contributed by atoms with van der Waals surface area (Å²) in [6.45, 7) is 9.80. The summed E-state index contributed by atoms with van der Waals surface area (Å²) >= 11 is 0. The number of allylic oxidation sites excluding steroid dienone is 2. The van der Waals surface area contributed by atoms with Gasteiger partial charge in [-0.25, -0.2) is 0 Å². The number of hydrogen-bond donors (Lipinski definition) is 2. The zero-order chi connectivity index (χ0) is 17.8. The minimum atomic E-state index is 0.282. The first kappa shape index (κ1) is 17.3. The normalized spacial score (nSPS) is 19.7. The molecule has 2 unspecified atom stereocenters. The first-order chi connectivity index (χ1) is 12.1. The fraction of sp³-hybridized carbons (Fsp3) is 0.304. The molecule has 0 radical (unpaired) electrons. The van der Waals surface area contributed by atoms with Gasteiger partial charge in [0.25, 0.3) is 0 Å². The smallest absolute Gasteiger partial charge is 0.0314 e. The molecule has 0 bridgehead atoms. The van der Waals surface area contributed by atoms with E-state index in [1.54, 1.807) is 0 Å². The minimum absolute atomic E-state index is 0.282. The van der Waals surface area contributed by atoms with E-state index in [1.165, 1.54) is 16.7 Å². The molecule has 0 fully saturated rings.